The fraction of sp³-hybridized carbons (Fsp3) is 0.591. The van der Waals surface area contributed by atoms with Crippen molar-refractivity contribution in [3.63, 3.8) is 0 Å². The normalized spacial score (nSPS) is 24.5. The van der Waals surface area contributed by atoms with Crippen molar-refractivity contribution >= 4 is 23.7 Å². The van der Waals surface area contributed by atoms with Gasteiger partial charge in [-0.15, -0.1) is 0 Å². The monoisotopic (exact) mass is 442 g/mol. The molecule has 2 atom stereocenters. The summed E-state index contributed by atoms with van der Waals surface area (Å²) in [5, 5.41) is 0. The number of ether oxygens (including phenoxy) is 1. The SMILES string of the molecule is CC1CN(CC2CCN(C(=O)/C=C/c3ccc(SC(F)(F)F)cc3)CC2)CC(C)O1. The van der Waals surface area contributed by atoms with Crippen LogP contribution < -0.4 is 0 Å². The average Bonchev–Trinajstić information content (AvgIpc) is 2.66. The van der Waals surface area contributed by atoms with Gasteiger partial charge in [0.15, 0.2) is 0 Å². The van der Waals surface area contributed by atoms with E-state index in [0.717, 1.165) is 45.6 Å². The van der Waals surface area contributed by atoms with Gasteiger partial charge in [-0.25, -0.2) is 0 Å². The van der Waals surface area contributed by atoms with Crippen molar-refractivity contribution in [3.8, 4) is 0 Å². The van der Waals surface area contributed by atoms with E-state index in [1.807, 2.05) is 4.90 Å². The fourth-order valence-electron chi connectivity index (χ4n) is 4.19. The second-order valence-corrected chi connectivity index (χ2v) is 9.33. The van der Waals surface area contributed by atoms with E-state index in [4.69, 9.17) is 4.74 Å². The Morgan fingerprint density at radius 2 is 1.73 bits per heavy atom. The minimum Gasteiger partial charge on any atom is -0.373 e. The van der Waals surface area contributed by atoms with Crippen LogP contribution in [-0.4, -0.2) is 66.1 Å². The van der Waals surface area contributed by atoms with Gasteiger partial charge in [-0.2, -0.15) is 13.2 Å². The number of hydrogen-bond acceptors (Lipinski definition) is 4. The largest absolute Gasteiger partial charge is 0.446 e. The molecule has 1 amide bonds. The van der Waals surface area contributed by atoms with Crippen LogP contribution in [0.4, 0.5) is 13.2 Å². The standard InChI is InChI=1S/C22H29F3N2O2S/c1-16-13-26(14-17(2)29-16)15-19-9-11-27(12-10-19)21(28)8-5-18-3-6-20(7-4-18)30-22(23,24)25/h3-8,16-17,19H,9-15H2,1-2H3/b8-5+. The Labute approximate surface area is 180 Å². The van der Waals surface area contributed by atoms with Gasteiger partial charge in [0.25, 0.3) is 0 Å². The maximum Gasteiger partial charge on any atom is 0.446 e. The summed E-state index contributed by atoms with van der Waals surface area (Å²) in [6, 6.07) is 6.02. The highest BCUT2D eigenvalue weighted by Gasteiger charge is 2.29. The van der Waals surface area contributed by atoms with Crippen LogP contribution in [0.1, 0.15) is 32.3 Å². The van der Waals surface area contributed by atoms with Crippen molar-refractivity contribution in [2.45, 2.75) is 49.3 Å². The van der Waals surface area contributed by atoms with E-state index in [9.17, 15) is 18.0 Å². The highest BCUT2D eigenvalue weighted by atomic mass is 32.2. The predicted octanol–water partition coefficient (Wildman–Crippen LogP) is 4.66. The van der Waals surface area contributed by atoms with Gasteiger partial charge in [-0.05, 0) is 68.1 Å². The van der Waals surface area contributed by atoms with Gasteiger partial charge in [-0.3, -0.25) is 9.69 Å². The lowest BCUT2D eigenvalue weighted by Crippen LogP contribution is -2.48. The van der Waals surface area contributed by atoms with Crippen LogP contribution in [0, 0.1) is 5.92 Å². The van der Waals surface area contributed by atoms with Gasteiger partial charge in [0, 0.05) is 43.7 Å². The molecule has 0 radical (unpaired) electrons. The number of morpholine rings is 1. The number of rotatable bonds is 5. The highest BCUT2D eigenvalue weighted by Crippen LogP contribution is 2.36. The summed E-state index contributed by atoms with van der Waals surface area (Å²) in [7, 11) is 0. The molecule has 2 aliphatic heterocycles. The second-order valence-electron chi connectivity index (χ2n) is 8.19. The summed E-state index contributed by atoms with van der Waals surface area (Å²) < 4.78 is 42.9. The number of amides is 1. The van der Waals surface area contributed by atoms with Crippen molar-refractivity contribution in [2.24, 2.45) is 5.92 Å². The third kappa shape index (κ3) is 7.32. The smallest absolute Gasteiger partial charge is 0.373 e. The van der Waals surface area contributed by atoms with E-state index in [1.165, 1.54) is 18.2 Å². The van der Waals surface area contributed by atoms with Crippen molar-refractivity contribution in [1.29, 1.82) is 0 Å². The first-order valence-corrected chi connectivity index (χ1v) is 11.2. The summed E-state index contributed by atoms with van der Waals surface area (Å²) >= 11 is -0.140. The van der Waals surface area contributed by atoms with E-state index in [1.54, 1.807) is 18.2 Å². The first-order chi connectivity index (χ1) is 14.2. The number of benzene rings is 1. The Bertz CT molecular complexity index is 721. The molecule has 2 saturated heterocycles. The van der Waals surface area contributed by atoms with Crippen LogP contribution in [0.5, 0.6) is 0 Å². The fourth-order valence-corrected chi connectivity index (χ4v) is 4.73. The molecule has 1 aromatic rings. The van der Waals surface area contributed by atoms with Crippen LogP contribution in [0.2, 0.25) is 0 Å². The molecule has 3 rings (SSSR count). The number of carbonyl (C=O) groups excluding carboxylic acids is 1. The molecule has 0 N–H and O–H groups in total. The van der Waals surface area contributed by atoms with Crippen molar-refractivity contribution in [3.05, 3.63) is 35.9 Å². The Morgan fingerprint density at radius 1 is 1.13 bits per heavy atom. The van der Waals surface area contributed by atoms with E-state index >= 15 is 0 Å². The zero-order valence-corrected chi connectivity index (χ0v) is 18.2. The Balaban J connectivity index is 1.43. The number of carbonyl (C=O) groups is 1. The number of nitrogens with zero attached hydrogens (tertiary/aromatic N) is 2. The molecule has 166 valence electrons. The Kier molecular flexibility index (Phi) is 7.87. The molecular weight excluding hydrogens is 413 g/mol. The zero-order chi connectivity index (χ0) is 21.7. The molecule has 0 aromatic heterocycles. The van der Waals surface area contributed by atoms with Gasteiger partial charge in [0.1, 0.15) is 0 Å². The van der Waals surface area contributed by atoms with Crippen LogP contribution >= 0.6 is 11.8 Å². The predicted molar refractivity (Wildman–Crippen MR) is 113 cm³/mol. The minimum absolute atomic E-state index is 0.0455. The molecular formula is C22H29F3N2O2S. The number of alkyl halides is 3. The van der Waals surface area contributed by atoms with E-state index in [-0.39, 0.29) is 34.8 Å². The summed E-state index contributed by atoms with van der Waals surface area (Å²) in [4.78, 5) is 16.9. The number of thioether (sulfide) groups is 1. The molecule has 2 heterocycles. The molecule has 2 unspecified atom stereocenters. The van der Waals surface area contributed by atoms with Gasteiger partial charge in [0.05, 0.1) is 12.2 Å². The van der Waals surface area contributed by atoms with Gasteiger partial charge in [-0.1, -0.05) is 12.1 Å². The molecule has 0 saturated carbocycles. The van der Waals surface area contributed by atoms with Crippen LogP contribution in [0.25, 0.3) is 6.08 Å². The quantitative estimate of drug-likeness (QED) is 0.491. The van der Waals surface area contributed by atoms with E-state index in [2.05, 4.69) is 18.7 Å². The van der Waals surface area contributed by atoms with Crippen LogP contribution in [-0.2, 0) is 9.53 Å². The molecule has 1 aromatic carbocycles. The molecule has 30 heavy (non-hydrogen) atoms. The summed E-state index contributed by atoms with van der Waals surface area (Å²) in [6.45, 7) is 8.68. The lowest BCUT2D eigenvalue weighted by atomic mass is 9.95. The Morgan fingerprint density at radius 3 is 2.30 bits per heavy atom. The van der Waals surface area contributed by atoms with E-state index < -0.39 is 5.51 Å². The highest BCUT2D eigenvalue weighted by molar-refractivity contribution is 8.00. The molecule has 4 nitrogen and oxygen atoms in total. The third-order valence-electron chi connectivity index (χ3n) is 5.47. The first kappa shape index (κ1) is 23.2. The number of halogens is 3. The summed E-state index contributed by atoms with van der Waals surface area (Å²) in [5.74, 6) is 0.546. The zero-order valence-electron chi connectivity index (χ0n) is 17.4. The third-order valence-corrected chi connectivity index (χ3v) is 6.21. The van der Waals surface area contributed by atoms with Crippen LogP contribution in [0.15, 0.2) is 35.2 Å². The van der Waals surface area contributed by atoms with Crippen molar-refractivity contribution in [1.82, 2.24) is 9.80 Å². The molecule has 8 heteroatoms. The lowest BCUT2D eigenvalue weighted by Gasteiger charge is -2.39. The summed E-state index contributed by atoms with van der Waals surface area (Å²) in [5.41, 5.74) is -3.59. The topological polar surface area (TPSA) is 32.8 Å². The minimum atomic E-state index is -4.29. The molecule has 0 bridgehead atoms. The molecule has 2 aliphatic rings. The lowest BCUT2D eigenvalue weighted by molar-refractivity contribution is -0.127. The van der Waals surface area contributed by atoms with Crippen molar-refractivity contribution < 1.29 is 22.7 Å². The van der Waals surface area contributed by atoms with Gasteiger partial charge >= 0.3 is 5.51 Å². The number of hydrogen-bond donors (Lipinski definition) is 0. The molecule has 0 aliphatic carbocycles. The molecule has 2 fully saturated rings. The van der Waals surface area contributed by atoms with Gasteiger partial charge in [0.2, 0.25) is 5.91 Å². The number of likely N-dealkylation sites (tertiary alicyclic amines) is 1. The molecule has 0 spiro atoms. The number of piperidine rings is 1. The average molecular weight is 443 g/mol. The van der Waals surface area contributed by atoms with Crippen molar-refractivity contribution in [2.75, 3.05) is 32.7 Å². The maximum atomic E-state index is 12.5. The van der Waals surface area contributed by atoms with Gasteiger partial charge < -0.3 is 9.64 Å². The Hall–Kier alpha value is -1.51. The first-order valence-electron chi connectivity index (χ1n) is 10.4. The van der Waals surface area contributed by atoms with Crippen LogP contribution in [0.3, 0.4) is 0 Å². The maximum absolute atomic E-state index is 12.5. The van der Waals surface area contributed by atoms with E-state index in [0.29, 0.717) is 11.5 Å². The summed E-state index contributed by atoms with van der Waals surface area (Å²) in [6.07, 6.45) is 5.68. The second kappa shape index (κ2) is 10.2.